The fraction of sp³-hybridized carbons (Fsp3) is 0.967. The Balaban J connectivity index is 1.21. The maximum atomic E-state index is 12.5. The summed E-state index contributed by atoms with van der Waals surface area (Å²) in [6, 6.07) is 0. The number of rotatable bonds is 12. The molecule has 3 N–H and O–H groups in total. The summed E-state index contributed by atoms with van der Waals surface area (Å²) in [7, 11) is 0. The van der Waals surface area contributed by atoms with Crippen molar-refractivity contribution in [1.82, 2.24) is 5.32 Å². The van der Waals surface area contributed by atoms with Gasteiger partial charge in [-0.15, -0.1) is 0 Å². The van der Waals surface area contributed by atoms with Crippen LogP contribution in [0.1, 0.15) is 97.8 Å². The first kappa shape index (κ1) is 27.4. The van der Waals surface area contributed by atoms with Crippen LogP contribution in [0.4, 0.5) is 0 Å². The number of ether oxygens (including phenoxy) is 2. The lowest BCUT2D eigenvalue weighted by Crippen LogP contribution is -2.53. The molecule has 0 saturated heterocycles. The number of nitrogens with one attached hydrogen (secondary N) is 1. The molecule has 4 aliphatic rings. The Morgan fingerprint density at radius 2 is 1.69 bits per heavy atom. The quantitative estimate of drug-likeness (QED) is 0.351. The van der Waals surface area contributed by atoms with Gasteiger partial charge in [-0.3, -0.25) is 4.79 Å². The molecule has 35 heavy (non-hydrogen) atoms. The Hall–Kier alpha value is -0.650. The van der Waals surface area contributed by atoms with Gasteiger partial charge in [0.05, 0.1) is 26.4 Å². The van der Waals surface area contributed by atoms with E-state index in [9.17, 15) is 4.79 Å². The largest absolute Gasteiger partial charge is 0.378 e. The normalized spacial score (nSPS) is 39.4. The van der Waals surface area contributed by atoms with E-state index in [1.165, 1.54) is 64.2 Å². The summed E-state index contributed by atoms with van der Waals surface area (Å²) in [5.74, 6) is 5.47. The topological polar surface area (TPSA) is 73.6 Å². The zero-order chi connectivity index (χ0) is 24.9. The average Bonchev–Trinajstić information content (AvgIpc) is 3.21. The van der Waals surface area contributed by atoms with Gasteiger partial charge in [0.15, 0.2) is 0 Å². The second-order valence-corrected chi connectivity index (χ2v) is 13.0. The third-order valence-corrected chi connectivity index (χ3v) is 11.4. The summed E-state index contributed by atoms with van der Waals surface area (Å²) >= 11 is 0. The lowest BCUT2D eigenvalue weighted by Gasteiger charge is -2.61. The van der Waals surface area contributed by atoms with E-state index in [4.69, 9.17) is 15.2 Å². The van der Waals surface area contributed by atoms with Gasteiger partial charge in [-0.1, -0.05) is 33.6 Å². The van der Waals surface area contributed by atoms with Crippen molar-refractivity contribution in [1.29, 1.82) is 0 Å². The van der Waals surface area contributed by atoms with Crippen molar-refractivity contribution in [2.75, 3.05) is 39.5 Å². The molecule has 4 aliphatic carbocycles. The molecule has 4 saturated carbocycles. The molecule has 0 spiro atoms. The highest BCUT2D eigenvalue weighted by Gasteiger charge is 2.60. The van der Waals surface area contributed by atoms with Gasteiger partial charge in [0, 0.05) is 19.5 Å². The Bertz CT molecular complexity index is 687. The second-order valence-electron chi connectivity index (χ2n) is 13.0. The number of fused-ring (bicyclic) bond motifs is 5. The van der Waals surface area contributed by atoms with Gasteiger partial charge in [0.25, 0.3) is 0 Å². The molecule has 5 heteroatoms. The van der Waals surface area contributed by atoms with Crippen molar-refractivity contribution >= 4 is 5.91 Å². The van der Waals surface area contributed by atoms with Crippen molar-refractivity contribution in [3.63, 3.8) is 0 Å². The Kier molecular flexibility index (Phi) is 9.59. The summed E-state index contributed by atoms with van der Waals surface area (Å²) < 4.78 is 10.8. The standard InChI is InChI=1S/C30H54N2O3/c1-22(7-12-28(33)32-17-19-35-21-20-34-18-16-31)25-10-11-26-24-9-8-23-6-4-5-14-29(23,2)27(24)13-15-30(25,26)3/h22-27H,4-21,31H2,1-3H3,(H,32,33)/t22-,23?,24?,25-,26?,27?,29?,30-/m1/s1. The second kappa shape index (κ2) is 12.3. The minimum absolute atomic E-state index is 0.173. The van der Waals surface area contributed by atoms with Crippen molar-refractivity contribution in [2.24, 2.45) is 52.1 Å². The SMILES string of the molecule is C[C@H](CCC(=O)NCCOCCOCCN)[C@H]1CCC2C3CCC4CCCCC4(C)C3CC[C@@]21C. The van der Waals surface area contributed by atoms with Crippen LogP contribution in [0.3, 0.4) is 0 Å². The van der Waals surface area contributed by atoms with E-state index in [-0.39, 0.29) is 5.91 Å². The average molecular weight is 491 g/mol. The molecule has 8 atom stereocenters. The van der Waals surface area contributed by atoms with Gasteiger partial charge in [-0.25, -0.2) is 0 Å². The van der Waals surface area contributed by atoms with Crippen molar-refractivity contribution in [2.45, 2.75) is 97.8 Å². The molecule has 4 fully saturated rings. The van der Waals surface area contributed by atoms with E-state index >= 15 is 0 Å². The number of hydrogen-bond acceptors (Lipinski definition) is 4. The van der Waals surface area contributed by atoms with Crippen LogP contribution >= 0.6 is 0 Å². The highest BCUT2D eigenvalue weighted by atomic mass is 16.5. The number of hydrogen-bond donors (Lipinski definition) is 2. The molecule has 0 bridgehead atoms. The van der Waals surface area contributed by atoms with Crippen LogP contribution in [0.15, 0.2) is 0 Å². The van der Waals surface area contributed by atoms with Gasteiger partial charge < -0.3 is 20.5 Å². The molecule has 5 unspecified atom stereocenters. The van der Waals surface area contributed by atoms with Crippen LogP contribution in [0.5, 0.6) is 0 Å². The van der Waals surface area contributed by atoms with Crippen molar-refractivity contribution < 1.29 is 14.3 Å². The predicted octanol–water partition coefficient (Wildman–Crippen LogP) is 5.56. The first-order valence-corrected chi connectivity index (χ1v) is 15.0. The molecular formula is C30H54N2O3. The van der Waals surface area contributed by atoms with Crippen LogP contribution in [-0.2, 0) is 14.3 Å². The molecule has 0 heterocycles. The molecule has 0 aromatic carbocycles. The number of nitrogens with two attached hydrogens (primary N) is 1. The molecule has 0 aromatic heterocycles. The first-order valence-electron chi connectivity index (χ1n) is 15.0. The summed E-state index contributed by atoms with van der Waals surface area (Å²) in [5, 5.41) is 3.04. The Morgan fingerprint density at radius 3 is 2.49 bits per heavy atom. The van der Waals surface area contributed by atoms with E-state index in [0.29, 0.717) is 62.7 Å². The molecule has 202 valence electrons. The molecule has 4 rings (SSSR count). The van der Waals surface area contributed by atoms with Crippen LogP contribution in [0.2, 0.25) is 0 Å². The summed E-state index contributed by atoms with van der Waals surface area (Å²) in [6.45, 7) is 11.1. The number of amides is 1. The lowest BCUT2D eigenvalue weighted by atomic mass is 9.44. The van der Waals surface area contributed by atoms with Gasteiger partial charge >= 0.3 is 0 Å². The monoisotopic (exact) mass is 490 g/mol. The van der Waals surface area contributed by atoms with Gasteiger partial charge in [-0.2, -0.15) is 0 Å². The lowest BCUT2D eigenvalue weighted by molar-refractivity contribution is -0.122. The first-order chi connectivity index (χ1) is 16.9. The molecule has 0 aliphatic heterocycles. The predicted molar refractivity (Wildman–Crippen MR) is 142 cm³/mol. The van der Waals surface area contributed by atoms with Crippen LogP contribution in [0, 0.1) is 46.3 Å². The van der Waals surface area contributed by atoms with Crippen molar-refractivity contribution in [3.05, 3.63) is 0 Å². The fourth-order valence-corrected chi connectivity index (χ4v) is 9.59. The number of carbonyl (C=O) groups excluding carboxylic acids is 1. The van der Waals surface area contributed by atoms with Gasteiger partial charge in [-0.05, 0) is 104 Å². The van der Waals surface area contributed by atoms with Gasteiger partial charge in [0.1, 0.15) is 0 Å². The van der Waals surface area contributed by atoms with Gasteiger partial charge in [0.2, 0.25) is 5.91 Å². The molecular weight excluding hydrogens is 436 g/mol. The zero-order valence-corrected chi connectivity index (χ0v) is 23.0. The highest BCUT2D eigenvalue weighted by Crippen LogP contribution is 2.68. The zero-order valence-electron chi connectivity index (χ0n) is 23.0. The van der Waals surface area contributed by atoms with E-state index in [1.54, 1.807) is 0 Å². The fourth-order valence-electron chi connectivity index (χ4n) is 9.59. The Morgan fingerprint density at radius 1 is 0.914 bits per heavy atom. The summed E-state index contributed by atoms with van der Waals surface area (Å²) in [4.78, 5) is 12.5. The van der Waals surface area contributed by atoms with E-state index in [1.807, 2.05) is 0 Å². The van der Waals surface area contributed by atoms with Crippen LogP contribution in [0.25, 0.3) is 0 Å². The minimum atomic E-state index is 0.173. The number of carbonyl (C=O) groups is 1. The van der Waals surface area contributed by atoms with Crippen LogP contribution in [-0.4, -0.2) is 45.4 Å². The van der Waals surface area contributed by atoms with Crippen molar-refractivity contribution in [3.8, 4) is 0 Å². The van der Waals surface area contributed by atoms with E-state index in [0.717, 1.165) is 36.0 Å². The Labute approximate surface area is 215 Å². The molecule has 0 radical (unpaired) electrons. The maximum Gasteiger partial charge on any atom is 0.220 e. The molecule has 1 amide bonds. The molecule has 0 aromatic rings. The van der Waals surface area contributed by atoms with Crippen LogP contribution < -0.4 is 11.1 Å². The smallest absolute Gasteiger partial charge is 0.220 e. The molecule has 5 nitrogen and oxygen atoms in total. The third kappa shape index (κ3) is 5.93. The third-order valence-electron chi connectivity index (χ3n) is 11.4. The highest BCUT2D eigenvalue weighted by molar-refractivity contribution is 5.75. The van der Waals surface area contributed by atoms with E-state index < -0.39 is 0 Å². The van der Waals surface area contributed by atoms with E-state index in [2.05, 4.69) is 26.1 Å². The minimum Gasteiger partial charge on any atom is -0.378 e. The summed E-state index contributed by atoms with van der Waals surface area (Å²) in [5.41, 5.74) is 6.52. The summed E-state index contributed by atoms with van der Waals surface area (Å²) in [6.07, 6.45) is 16.3. The maximum absolute atomic E-state index is 12.5.